The Morgan fingerprint density at radius 3 is 2.81 bits per heavy atom. The third-order valence-electron chi connectivity index (χ3n) is 4.63. The van der Waals surface area contributed by atoms with Gasteiger partial charge in [-0.3, -0.25) is 9.48 Å². The summed E-state index contributed by atoms with van der Waals surface area (Å²) in [4.78, 5) is 12.4. The zero-order valence-corrected chi connectivity index (χ0v) is 12.3. The van der Waals surface area contributed by atoms with E-state index in [9.17, 15) is 13.6 Å². The summed E-state index contributed by atoms with van der Waals surface area (Å²) in [5, 5.41) is 8.25. The summed E-state index contributed by atoms with van der Waals surface area (Å²) in [6, 6.07) is 0.175. The molecule has 2 unspecified atom stereocenters. The Labute approximate surface area is 125 Å². The van der Waals surface area contributed by atoms with Crippen molar-refractivity contribution in [2.75, 3.05) is 0 Å². The van der Waals surface area contributed by atoms with Crippen LogP contribution in [0.1, 0.15) is 41.7 Å². The molecule has 0 aliphatic carbocycles. The predicted molar refractivity (Wildman–Crippen MR) is 75.8 cm³/mol. The van der Waals surface area contributed by atoms with Crippen LogP contribution in [0.15, 0.2) is 6.20 Å². The van der Waals surface area contributed by atoms with Crippen molar-refractivity contribution in [2.45, 2.75) is 61.1 Å². The van der Waals surface area contributed by atoms with E-state index < -0.39 is 12.5 Å². The second-order valence-electron chi connectivity index (χ2n) is 6.29. The molecule has 3 aliphatic rings. The summed E-state index contributed by atoms with van der Waals surface area (Å²) in [5.41, 5.74) is 0.684. The molecule has 7 heteroatoms. The molecule has 2 bridgehead atoms. The molecule has 0 spiro atoms. The monoisotopic (exact) mass is 313 g/mol. The highest BCUT2D eigenvalue weighted by molar-refractivity contribution is 8.00. The Balaban J connectivity index is 1.47. The molecule has 114 valence electrons. The van der Waals surface area contributed by atoms with Gasteiger partial charge >= 0.3 is 0 Å². The van der Waals surface area contributed by atoms with Crippen LogP contribution in [0.3, 0.4) is 0 Å². The number of hydrogen-bond acceptors (Lipinski definition) is 3. The molecule has 0 aromatic carbocycles. The van der Waals surface area contributed by atoms with Crippen LogP contribution in [0.4, 0.5) is 8.78 Å². The maximum atomic E-state index is 13.4. The van der Waals surface area contributed by atoms with Gasteiger partial charge in [0.05, 0.1) is 23.9 Å². The van der Waals surface area contributed by atoms with Gasteiger partial charge in [-0.25, -0.2) is 8.78 Å². The second-order valence-corrected chi connectivity index (χ2v) is 7.90. The summed E-state index contributed by atoms with van der Waals surface area (Å²) in [5.74, 6) is -3.02. The zero-order chi connectivity index (χ0) is 14.6. The van der Waals surface area contributed by atoms with Crippen molar-refractivity contribution in [2.24, 2.45) is 0 Å². The van der Waals surface area contributed by atoms with Gasteiger partial charge in [0.25, 0.3) is 11.8 Å². The number of nitrogens with zero attached hydrogens (tertiary/aromatic N) is 2. The smallest absolute Gasteiger partial charge is 0.272 e. The first-order valence-corrected chi connectivity index (χ1v) is 8.33. The molecule has 0 radical (unpaired) electrons. The Hall–Kier alpha value is -1.11. The van der Waals surface area contributed by atoms with Gasteiger partial charge in [-0.15, -0.1) is 0 Å². The number of carbonyl (C=O) groups is 1. The number of halogens is 2. The zero-order valence-electron chi connectivity index (χ0n) is 11.5. The van der Waals surface area contributed by atoms with Gasteiger partial charge in [0.15, 0.2) is 0 Å². The first-order chi connectivity index (χ1) is 10.00. The number of fused-ring (bicyclic) bond motifs is 3. The van der Waals surface area contributed by atoms with Crippen LogP contribution in [-0.4, -0.2) is 38.2 Å². The standard InChI is InChI=1S/C14H17F2N3OS/c15-14(16)5-12-11(6-17-19(12)7-14)13(20)18-8-3-9-1-2-10(4-8)21-9/h6,8-10H,1-5,7H2,(H,18,20). The van der Waals surface area contributed by atoms with Crippen LogP contribution < -0.4 is 5.32 Å². The van der Waals surface area contributed by atoms with Crippen LogP contribution in [0.5, 0.6) is 0 Å². The van der Waals surface area contributed by atoms with Gasteiger partial charge in [-0.05, 0) is 25.7 Å². The first-order valence-electron chi connectivity index (χ1n) is 7.39. The molecule has 4 rings (SSSR count). The Kier molecular flexibility index (Phi) is 3.03. The molecule has 3 aliphatic heterocycles. The second kappa shape index (κ2) is 4.69. The quantitative estimate of drug-likeness (QED) is 0.911. The molecule has 21 heavy (non-hydrogen) atoms. The van der Waals surface area contributed by atoms with E-state index in [1.165, 1.54) is 23.7 Å². The highest BCUT2D eigenvalue weighted by Crippen LogP contribution is 2.43. The fourth-order valence-electron chi connectivity index (χ4n) is 3.68. The maximum absolute atomic E-state index is 13.4. The van der Waals surface area contributed by atoms with Crippen molar-refractivity contribution in [1.29, 1.82) is 0 Å². The number of aromatic nitrogens is 2. The first kappa shape index (κ1) is 13.5. The van der Waals surface area contributed by atoms with E-state index in [1.54, 1.807) is 0 Å². The number of carbonyl (C=O) groups excluding carboxylic acids is 1. The van der Waals surface area contributed by atoms with Crippen LogP contribution in [0.25, 0.3) is 0 Å². The van der Waals surface area contributed by atoms with Gasteiger partial charge in [0.1, 0.15) is 6.54 Å². The number of thioether (sulfide) groups is 1. The normalized spacial score (nSPS) is 33.0. The lowest BCUT2D eigenvalue weighted by Gasteiger charge is -2.28. The number of nitrogens with one attached hydrogen (secondary N) is 1. The largest absolute Gasteiger partial charge is 0.349 e. The van der Waals surface area contributed by atoms with E-state index in [4.69, 9.17) is 0 Å². The molecular weight excluding hydrogens is 296 g/mol. The van der Waals surface area contributed by atoms with E-state index in [-0.39, 0.29) is 18.4 Å². The topological polar surface area (TPSA) is 46.9 Å². The minimum atomic E-state index is -2.78. The minimum Gasteiger partial charge on any atom is -0.349 e. The molecule has 2 saturated heterocycles. The summed E-state index contributed by atoms with van der Waals surface area (Å²) < 4.78 is 28.0. The van der Waals surface area contributed by atoms with Gasteiger partial charge in [-0.2, -0.15) is 16.9 Å². The third-order valence-corrected chi connectivity index (χ3v) is 6.25. The molecule has 1 amide bonds. The molecule has 2 fully saturated rings. The highest BCUT2D eigenvalue weighted by Gasteiger charge is 2.41. The number of rotatable bonds is 2. The summed E-state index contributed by atoms with van der Waals surface area (Å²) in [6.45, 7) is -0.417. The van der Waals surface area contributed by atoms with E-state index in [0.717, 1.165) is 12.8 Å². The van der Waals surface area contributed by atoms with Crippen LogP contribution in [0, 0.1) is 0 Å². The molecule has 4 heterocycles. The van der Waals surface area contributed by atoms with E-state index in [1.807, 2.05) is 11.8 Å². The summed E-state index contributed by atoms with van der Waals surface area (Å²) in [7, 11) is 0. The van der Waals surface area contributed by atoms with Crippen molar-refractivity contribution in [3.8, 4) is 0 Å². The fourth-order valence-corrected chi connectivity index (χ4v) is 5.46. The summed E-state index contributed by atoms with van der Waals surface area (Å²) >= 11 is 2.03. The van der Waals surface area contributed by atoms with Crippen LogP contribution in [-0.2, 0) is 13.0 Å². The van der Waals surface area contributed by atoms with Gasteiger partial charge in [-0.1, -0.05) is 0 Å². The number of alkyl halides is 2. The van der Waals surface area contributed by atoms with Crippen molar-refractivity contribution >= 4 is 17.7 Å². The van der Waals surface area contributed by atoms with Crippen molar-refractivity contribution in [3.63, 3.8) is 0 Å². The molecule has 1 N–H and O–H groups in total. The highest BCUT2D eigenvalue weighted by atomic mass is 32.2. The Bertz CT molecular complexity index is 577. The molecule has 2 atom stereocenters. The lowest BCUT2D eigenvalue weighted by atomic mass is 10.1. The molecule has 0 saturated carbocycles. The number of hydrogen-bond donors (Lipinski definition) is 1. The predicted octanol–water partition coefficient (Wildman–Crippen LogP) is 2.23. The SMILES string of the molecule is O=C(NC1CC2CCC(C1)S2)c1cnn2c1CC(F)(F)C2. The van der Waals surface area contributed by atoms with Crippen molar-refractivity contribution < 1.29 is 13.6 Å². The molecule has 1 aromatic heterocycles. The van der Waals surface area contributed by atoms with Crippen LogP contribution >= 0.6 is 11.8 Å². The average Bonchev–Trinajstić information content (AvgIpc) is 3.01. The molecule has 1 aromatic rings. The van der Waals surface area contributed by atoms with Crippen molar-refractivity contribution in [1.82, 2.24) is 15.1 Å². The Morgan fingerprint density at radius 2 is 2.10 bits per heavy atom. The van der Waals surface area contributed by atoms with E-state index in [0.29, 0.717) is 21.8 Å². The van der Waals surface area contributed by atoms with Gasteiger partial charge in [0, 0.05) is 16.5 Å². The van der Waals surface area contributed by atoms with Gasteiger partial charge < -0.3 is 5.32 Å². The lowest BCUT2D eigenvalue weighted by Crippen LogP contribution is -2.39. The van der Waals surface area contributed by atoms with Gasteiger partial charge in [0.2, 0.25) is 0 Å². The maximum Gasteiger partial charge on any atom is 0.272 e. The molecule has 4 nitrogen and oxygen atoms in total. The Morgan fingerprint density at radius 1 is 1.38 bits per heavy atom. The minimum absolute atomic E-state index is 0.175. The average molecular weight is 313 g/mol. The number of amides is 1. The van der Waals surface area contributed by atoms with E-state index >= 15 is 0 Å². The van der Waals surface area contributed by atoms with E-state index in [2.05, 4.69) is 10.4 Å². The van der Waals surface area contributed by atoms with Crippen molar-refractivity contribution in [3.05, 3.63) is 17.5 Å². The third kappa shape index (κ3) is 2.45. The summed E-state index contributed by atoms with van der Waals surface area (Å²) in [6.07, 6.45) is 5.49. The molecular formula is C14H17F2N3OS. The fraction of sp³-hybridized carbons (Fsp3) is 0.714. The lowest BCUT2D eigenvalue weighted by molar-refractivity contribution is 0.000935. The van der Waals surface area contributed by atoms with Crippen LogP contribution in [0.2, 0.25) is 0 Å².